The number of carbonyl (C=O) groups excluding carboxylic acids is 1. The molecule has 3 aromatic rings. The normalized spacial score (nSPS) is 11.2. The Kier molecular flexibility index (Phi) is 4.96. The highest BCUT2D eigenvalue weighted by atomic mass is 35.5. The predicted molar refractivity (Wildman–Crippen MR) is 92.5 cm³/mol. The maximum atomic E-state index is 12.5. The highest BCUT2D eigenvalue weighted by molar-refractivity contribution is 7.90. The summed E-state index contributed by atoms with van der Waals surface area (Å²) >= 11 is 5.91. The molecule has 142 valence electrons. The van der Waals surface area contributed by atoms with Crippen LogP contribution in [-0.2, 0) is 10.0 Å². The quantitative estimate of drug-likeness (QED) is 0.615. The van der Waals surface area contributed by atoms with Crippen molar-refractivity contribution in [2.24, 2.45) is 0 Å². The van der Waals surface area contributed by atoms with Crippen LogP contribution in [0.15, 0.2) is 29.7 Å². The van der Waals surface area contributed by atoms with Gasteiger partial charge in [-0.1, -0.05) is 11.6 Å². The summed E-state index contributed by atoms with van der Waals surface area (Å²) in [5.41, 5.74) is 0.198. The predicted octanol–water partition coefficient (Wildman–Crippen LogP) is 0.700. The zero-order valence-corrected chi connectivity index (χ0v) is 15.4. The maximum absolute atomic E-state index is 12.5. The number of imidazole rings is 1. The number of amides is 2. The Balaban J connectivity index is 1.86. The van der Waals surface area contributed by atoms with Crippen LogP contribution in [0.5, 0.6) is 11.8 Å². The van der Waals surface area contributed by atoms with Gasteiger partial charge in [-0.3, -0.25) is 14.7 Å². The minimum absolute atomic E-state index is 0.109. The zero-order chi connectivity index (χ0) is 19.6. The summed E-state index contributed by atoms with van der Waals surface area (Å²) in [4.78, 5) is 27.6. The second-order valence-corrected chi connectivity index (χ2v) is 6.80. The lowest BCUT2D eigenvalue weighted by atomic mass is 10.6. The van der Waals surface area contributed by atoms with Crippen LogP contribution in [0.25, 0.3) is 5.65 Å². The van der Waals surface area contributed by atoms with Gasteiger partial charge >= 0.3 is 6.03 Å². The fourth-order valence-corrected chi connectivity index (χ4v) is 3.62. The lowest BCUT2D eigenvalue weighted by Crippen LogP contribution is -2.35. The molecule has 0 spiro atoms. The van der Waals surface area contributed by atoms with Crippen molar-refractivity contribution in [2.45, 2.75) is 5.03 Å². The molecule has 2 amide bonds. The van der Waals surface area contributed by atoms with Gasteiger partial charge in [0.25, 0.3) is 10.0 Å². The number of rotatable bonds is 5. The Labute approximate surface area is 157 Å². The molecule has 0 aromatic carbocycles. The third-order valence-corrected chi connectivity index (χ3v) is 4.88. The van der Waals surface area contributed by atoms with E-state index in [4.69, 9.17) is 21.1 Å². The van der Waals surface area contributed by atoms with Crippen molar-refractivity contribution in [3.05, 3.63) is 29.8 Å². The van der Waals surface area contributed by atoms with Crippen molar-refractivity contribution in [3.63, 3.8) is 0 Å². The molecule has 0 aliphatic heterocycles. The van der Waals surface area contributed by atoms with Gasteiger partial charge in [0.05, 0.1) is 26.5 Å². The Morgan fingerprint density at radius 2 is 1.85 bits per heavy atom. The van der Waals surface area contributed by atoms with Crippen LogP contribution in [0.1, 0.15) is 0 Å². The zero-order valence-electron chi connectivity index (χ0n) is 13.9. The van der Waals surface area contributed by atoms with E-state index in [0.29, 0.717) is 0 Å². The maximum Gasteiger partial charge on any atom is 0.335 e. The van der Waals surface area contributed by atoms with Crippen molar-refractivity contribution in [1.29, 1.82) is 0 Å². The van der Waals surface area contributed by atoms with E-state index in [1.54, 1.807) is 0 Å². The van der Waals surface area contributed by atoms with Crippen LogP contribution in [0.4, 0.5) is 10.7 Å². The second-order valence-electron chi connectivity index (χ2n) is 4.85. The van der Waals surface area contributed by atoms with Gasteiger partial charge < -0.3 is 9.47 Å². The number of sulfonamides is 1. The molecule has 0 unspecified atom stereocenters. The monoisotopic (exact) mass is 413 g/mol. The molecule has 12 nitrogen and oxygen atoms in total. The highest BCUT2D eigenvalue weighted by Gasteiger charge is 2.27. The van der Waals surface area contributed by atoms with E-state index < -0.39 is 21.1 Å². The summed E-state index contributed by atoms with van der Waals surface area (Å²) in [5.74, 6) is -0.0120. The van der Waals surface area contributed by atoms with Crippen molar-refractivity contribution in [1.82, 2.24) is 29.1 Å². The SMILES string of the molecule is COc1cc(OC)nc(NC(=O)NS(=O)(=O)c2c(Cl)nc3cnccn23)n1. The number of carbonyl (C=O) groups is 1. The first-order chi connectivity index (χ1) is 12.8. The van der Waals surface area contributed by atoms with Crippen LogP contribution >= 0.6 is 11.6 Å². The molecule has 0 aliphatic rings. The molecule has 27 heavy (non-hydrogen) atoms. The fraction of sp³-hybridized carbons (Fsp3) is 0.154. The molecule has 2 N–H and O–H groups in total. The number of urea groups is 1. The van der Waals surface area contributed by atoms with Crippen molar-refractivity contribution < 1.29 is 22.7 Å². The molecule has 0 saturated carbocycles. The lowest BCUT2D eigenvalue weighted by Gasteiger charge is -2.09. The molecule has 0 radical (unpaired) electrons. The molecule has 0 aliphatic carbocycles. The molecule has 14 heteroatoms. The van der Waals surface area contributed by atoms with Gasteiger partial charge in [-0.05, 0) is 0 Å². The van der Waals surface area contributed by atoms with Crippen LogP contribution in [0.3, 0.4) is 0 Å². The van der Waals surface area contributed by atoms with Crippen molar-refractivity contribution in [3.8, 4) is 11.8 Å². The number of nitrogens with zero attached hydrogens (tertiary/aromatic N) is 5. The van der Waals surface area contributed by atoms with Crippen LogP contribution in [-0.4, -0.2) is 53.0 Å². The second kappa shape index (κ2) is 7.20. The van der Waals surface area contributed by atoms with E-state index in [1.165, 1.54) is 43.3 Å². The Morgan fingerprint density at radius 1 is 1.19 bits per heavy atom. The Morgan fingerprint density at radius 3 is 2.48 bits per heavy atom. The van der Waals surface area contributed by atoms with Crippen LogP contribution in [0.2, 0.25) is 5.15 Å². The molecule has 3 rings (SSSR count). The first-order valence-electron chi connectivity index (χ1n) is 7.12. The fourth-order valence-electron chi connectivity index (χ4n) is 2.06. The Bertz CT molecular complexity index is 1100. The van der Waals surface area contributed by atoms with Crippen molar-refractivity contribution in [2.75, 3.05) is 19.5 Å². The average Bonchev–Trinajstić information content (AvgIpc) is 2.97. The van der Waals surface area contributed by atoms with E-state index >= 15 is 0 Å². The van der Waals surface area contributed by atoms with Gasteiger partial charge in [0.1, 0.15) is 0 Å². The standard InChI is InChI=1S/C13H12ClN7O5S/c1-25-8-5-9(26-2)18-12(17-8)19-13(22)20-27(23,24)11-10(14)16-7-6-15-3-4-21(7)11/h3-6H,1-2H3,(H2,17,18,19,20,22). The van der Waals surface area contributed by atoms with Crippen LogP contribution < -0.4 is 19.5 Å². The van der Waals surface area contributed by atoms with Crippen molar-refractivity contribution >= 4 is 39.3 Å². The average molecular weight is 414 g/mol. The summed E-state index contributed by atoms with van der Waals surface area (Å²) < 4.78 is 38.0. The number of halogens is 1. The number of anilines is 1. The summed E-state index contributed by atoms with van der Waals surface area (Å²) in [6.07, 6.45) is 4.01. The highest BCUT2D eigenvalue weighted by Crippen LogP contribution is 2.22. The molecule has 0 fully saturated rings. The number of aromatic nitrogens is 5. The number of hydrogen-bond acceptors (Lipinski definition) is 9. The summed E-state index contributed by atoms with van der Waals surface area (Å²) in [6, 6.07) is 0.261. The molecule has 3 aromatic heterocycles. The summed E-state index contributed by atoms with van der Waals surface area (Å²) in [6.45, 7) is 0. The molecule has 0 bridgehead atoms. The minimum atomic E-state index is -4.36. The Hall–Kier alpha value is -3.19. The van der Waals surface area contributed by atoms with Gasteiger partial charge in [0.15, 0.2) is 15.8 Å². The van der Waals surface area contributed by atoms with E-state index in [-0.39, 0.29) is 28.5 Å². The molecule has 0 saturated heterocycles. The van der Waals surface area contributed by atoms with E-state index in [9.17, 15) is 13.2 Å². The first kappa shape index (κ1) is 18.6. The summed E-state index contributed by atoms with van der Waals surface area (Å²) in [7, 11) is -1.65. The van der Waals surface area contributed by atoms with E-state index in [1.807, 2.05) is 4.72 Å². The van der Waals surface area contributed by atoms with E-state index in [2.05, 4.69) is 25.3 Å². The topological polar surface area (TPSA) is 150 Å². The largest absolute Gasteiger partial charge is 0.481 e. The third kappa shape index (κ3) is 3.83. The molecule has 0 atom stereocenters. The van der Waals surface area contributed by atoms with Crippen LogP contribution in [0, 0.1) is 0 Å². The summed E-state index contributed by atoms with van der Waals surface area (Å²) in [5, 5.41) is 1.45. The number of hydrogen-bond donors (Lipinski definition) is 2. The number of methoxy groups -OCH3 is 2. The molecule has 3 heterocycles. The van der Waals surface area contributed by atoms with Gasteiger partial charge in [-0.2, -0.15) is 18.4 Å². The van der Waals surface area contributed by atoms with Gasteiger partial charge in [-0.25, -0.2) is 14.5 Å². The number of nitrogens with one attached hydrogen (secondary N) is 2. The third-order valence-electron chi connectivity index (χ3n) is 3.15. The molecular weight excluding hydrogens is 402 g/mol. The number of ether oxygens (including phenoxy) is 2. The van der Waals surface area contributed by atoms with Gasteiger partial charge in [0, 0.05) is 12.4 Å². The first-order valence-corrected chi connectivity index (χ1v) is 8.98. The number of fused-ring (bicyclic) bond motifs is 1. The van der Waals surface area contributed by atoms with Gasteiger partial charge in [-0.15, -0.1) is 0 Å². The molecular formula is C13H12ClN7O5S. The smallest absolute Gasteiger partial charge is 0.335 e. The van der Waals surface area contributed by atoms with E-state index in [0.717, 1.165) is 0 Å². The minimum Gasteiger partial charge on any atom is -0.481 e. The lowest BCUT2D eigenvalue weighted by molar-refractivity contribution is 0.256. The van der Waals surface area contributed by atoms with Gasteiger partial charge in [0.2, 0.25) is 17.7 Å².